The average Bonchev–Trinajstić information content (AvgIpc) is 2.78. The first-order chi connectivity index (χ1) is 16.2. The number of benzene rings is 2. The van der Waals surface area contributed by atoms with Crippen molar-refractivity contribution in [2.24, 2.45) is 0 Å². The molecule has 0 atom stereocenters. The van der Waals surface area contributed by atoms with Gasteiger partial charge in [0, 0.05) is 24.0 Å². The molecule has 0 radical (unpaired) electrons. The fourth-order valence-electron chi connectivity index (χ4n) is 3.28. The maximum atomic E-state index is 13.1. The van der Waals surface area contributed by atoms with Crippen LogP contribution >= 0.6 is 0 Å². The number of anilines is 2. The Morgan fingerprint density at radius 1 is 1.03 bits per heavy atom. The van der Waals surface area contributed by atoms with E-state index in [0.717, 1.165) is 11.6 Å². The van der Waals surface area contributed by atoms with E-state index in [4.69, 9.17) is 4.74 Å². The van der Waals surface area contributed by atoms with Crippen LogP contribution in [0.15, 0.2) is 77.7 Å². The summed E-state index contributed by atoms with van der Waals surface area (Å²) in [6.45, 7) is 1.88. The number of hydrogen-bond acceptors (Lipinski definition) is 4. The SMILES string of the molecule is Cc1ccc2nc(COc3cccc(NC(=O)Nc4ccccc4C(F)(F)F)c3)cc(=O)n2c1. The number of nitrogens with zero attached hydrogens (tertiary/aromatic N) is 2. The highest BCUT2D eigenvalue weighted by Crippen LogP contribution is 2.34. The quantitative estimate of drug-likeness (QED) is 0.419. The number of aryl methyl sites for hydroxylation is 1. The number of nitrogens with one attached hydrogen (secondary N) is 2. The highest BCUT2D eigenvalue weighted by Gasteiger charge is 2.33. The molecule has 0 saturated heterocycles. The van der Waals surface area contributed by atoms with Crippen molar-refractivity contribution in [2.45, 2.75) is 19.7 Å². The monoisotopic (exact) mass is 468 g/mol. The molecule has 0 unspecified atom stereocenters. The third kappa shape index (κ3) is 5.34. The Morgan fingerprint density at radius 2 is 1.82 bits per heavy atom. The first-order valence-corrected chi connectivity index (χ1v) is 10.1. The number of para-hydroxylation sites is 1. The number of aromatic nitrogens is 2. The zero-order valence-electron chi connectivity index (χ0n) is 17.9. The Bertz CT molecular complexity index is 1420. The molecule has 174 valence electrons. The smallest absolute Gasteiger partial charge is 0.418 e. The molecule has 0 saturated carbocycles. The second-order valence-electron chi connectivity index (χ2n) is 7.46. The highest BCUT2D eigenvalue weighted by molar-refractivity contribution is 6.00. The zero-order chi connectivity index (χ0) is 24.3. The van der Waals surface area contributed by atoms with Gasteiger partial charge in [-0.3, -0.25) is 9.20 Å². The predicted molar refractivity (Wildman–Crippen MR) is 121 cm³/mol. The number of alkyl halides is 3. The van der Waals surface area contributed by atoms with Crippen molar-refractivity contribution in [1.29, 1.82) is 0 Å². The van der Waals surface area contributed by atoms with Crippen LogP contribution in [-0.4, -0.2) is 15.4 Å². The number of rotatable bonds is 5. The summed E-state index contributed by atoms with van der Waals surface area (Å²) in [5.41, 5.74) is 0.604. The summed E-state index contributed by atoms with van der Waals surface area (Å²) in [4.78, 5) is 29.0. The van der Waals surface area contributed by atoms with Gasteiger partial charge < -0.3 is 15.4 Å². The van der Waals surface area contributed by atoms with E-state index < -0.39 is 17.8 Å². The van der Waals surface area contributed by atoms with Crippen LogP contribution in [0, 0.1) is 6.92 Å². The summed E-state index contributed by atoms with van der Waals surface area (Å²) < 4.78 is 46.5. The van der Waals surface area contributed by atoms with Crippen molar-refractivity contribution < 1.29 is 22.7 Å². The molecule has 2 aromatic carbocycles. The van der Waals surface area contributed by atoms with Gasteiger partial charge >= 0.3 is 12.2 Å². The second kappa shape index (κ2) is 9.26. The average molecular weight is 468 g/mol. The van der Waals surface area contributed by atoms with E-state index in [1.807, 2.05) is 13.0 Å². The maximum absolute atomic E-state index is 13.1. The third-order valence-electron chi connectivity index (χ3n) is 4.82. The first kappa shape index (κ1) is 22.8. The number of ether oxygens (including phenoxy) is 1. The van der Waals surface area contributed by atoms with Gasteiger partial charge in [-0.15, -0.1) is 0 Å². The van der Waals surface area contributed by atoms with Crippen molar-refractivity contribution in [1.82, 2.24) is 9.38 Å². The van der Waals surface area contributed by atoms with E-state index in [1.165, 1.54) is 34.7 Å². The predicted octanol–water partition coefficient (Wildman–Crippen LogP) is 5.24. The van der Waals surface area contributed by atoms with Crippen LogP contribution in [0.4, 0.5) is 29.3 Å². The number of amides is 2. The van der Waals surface area contributed by atoms with E-state index >= 15 is 0 Å². The molecular formula is C24H19F3N4O3. The summed E-state index contributed by atoms with van der Waals surface area (Å²) in [6.07, 6.45) is -2.90. The molecule has 0 aliphatic rings. The van der Waals surface area contributed by atoms with Crippen LogP contribution in [0.25, 0.3) is 5.65 Å². The number of urea groups is 1. The van der Waals surface area contributed by atoms with E-state index in [-0.39, 0.29) is 17.9 Å². The van der Waals surface area contributed by atoms with Crippen LogP contribution in [0.1, 0.15) is 16.8 Å². The molecule has 2 amide bonds. The molecule has 7 nitrogen and oxygen atoms in total. The lowest BCUT2D eigenvalue weighted by Crippen LogP contribution is -2.21. The Balaban J connectivity index is 1.43. The summed E-state index contributed by atoms with van der Waals surface area (Å²) in [7, 11) is 0. The summed E-state index contributed by atoms with van der Waals surface area (Å²) in [5, 5.41) is 4.69. The summed E-state index contributed by atoms with van der Waals surface area (Å²) in [6, 6.07) is 15.1. The van der Waals surface area contributed by atoms with Crippen LogP contribution in [0.2, 0.25) is 0 Å². The number of hydrogen-bond donors (Lipinski definition) is 2. The van der Waals surface area contributed by atoms with Gasteiger partial charge in [0.15, 0.2) is 0 Å². The fourth-order valence-corrected chi connectivity index (χ4v) is 3.28. The minimum atomic E-state index is -4.60. The molecule has 34 heavy (non-hydrogen) atoms. The molecule has 0 spiro atoms. The van der Waals surface area contributed by atoms with Crippen molar-refractivity contribution in [2.75, 3.05) is 10.6 Å². The van der Waals surface area contributed by atoms with E-state index in [2.05, 4.69) is 15.6 Å². The molecule has 0 bridgehead atoms. The first-order valence-electron chi connectivity index (χ1n) is 10.1. The number of fused-ring (bicyclic) bond motifs is 1. The van der Waals surface area contributed by atoms with Crippen LogP contribution in [0.5, 0.6) is 5.75 Å². The highest BCUT2D eigenvalue weighted by atomic mass is 19.4. The topological polar surface area (TPSA) is 84.7 Å². The Labute approximate surface area is 191 Å². The van der Waals surface area contributed by atoms with Crippen LogP contribution in [0.3, 0.4) is 0 Å². The van der Waals surface area contributed by atoms with E-state index in [9.17, 15) is 22.8 Å². The molecule has 2 N–H and O–H groups in total. The molecule has 4 rings (SSSR count). The standard InChI is InChI=1S/C24H19F3N4O3/c1-15-9-10-21-28-17(12-22(32)31(21)13-15)14-34-18-6-4-5-16(11-18)29-23(33)30-20-8-3-2-7-19(20)24(25,26)27/h2-13H,14H2,1H3,(H2,29,30,33). The Hall–Kier alpha value is -4.34. The van der Waals surface area contributed by atoms with Crippen LogP contribution in [-0.2, 0) is 12.8 Å². The number of carbonyl (C=O) groups is 1. The van der Waals surface area contributed by atoms with Crippen molar-refractivity contribution in [3.63, 3.8) is 0 Å². The van der Waals surface area contributed by atoms with Gasteiger partial charge in [0.25, 0.3) is 5.56 Å². The second-order valence-corrected chi connectivity index (χ2v) is 7.46. The van der Waals surface area contributed by atoms with Crippen molar-refractivity contribution in [3.8, 4) is 5.75 Å². The summed E-state index contributed by atoms with van der Waals surface area (Å²) >= 11 is 0. The van der Waals surface area contributed by atoms with Gasteiger partial charge in [0.2, 0.25) is 0 Å². The van der Waals surface area contributed by atoms with Gasteiger partial charge in [-0.2, -0.15) is 13.2 Å². The normalized spacial score (nSPS) is 11.3. The zero-order valence-corrected chi connectivity index (χ0v) is 17.9. The van der Waals surface area contributed by atoms with Crippen molar-refractivity contribution in [3.05, 3.63) is 100 Å². The van der Waals surface area contributed by atoms with Gasteiger partial charge in [-0.1, -0.05) is 24.3 Å². The fraction of sp³-hybridized carbons (Fsp3) is 0.125. The minimum absolute atomic E-state index is 0.00816. The van der Waals surface area contributed by atoms with Gasteiger partial charge in [-0.05, 0) is 42.8 Å². The molecule has 0 aliphatic heterocycles. The minimum Gasteiger partial charge on any atom is -0.487 e. The molecule has 0 aliphatic carbocycles. The lowest BCUT2D eigenvalue weighted by Gasteiger charge is -2.14. The lowest BCUT2D eigenvalue weighted by atomic mass is 10.1. The molecule has 10 heteroatoms. The van der Waals surface area contributed by atoms with Crippen molar-refractivity contribution >= 4 is 23.1 Å². The molecule has 2 aromatic heterocycles. The molecule has 0 fully saturated rings. The number of carbonyl (C=O) groups excluding carboxylic acids is 1. The molecular weight excluding hydrogens is 449 g/mol. The lowest BCUT2D eigenvalue weighted by molar-refractivity contribution is -0.136. The van der Waals surface area contributed by atoms with Gasteiger partial charge in [0.1, 0.15) is 18.0 Å². The summed E-state index contributed by atoms with van der Waals surface area (Å²) in [5.74, 6) is 0.374. The Kier molecular flexibility index (Phi) is 6.22. The molecule has 4 aromatic rings. The van der Waals surface area contributed by atoms with Gasteiger partial charge in [-0.25, -0.2) is 9.78 Å². The largest absolute Gasteiger partial charge is 0.487 e. The van der Waals surface area contributed by atoms with Gasteiger partial charge in [0.05, 0.1) is 16.9 Å². The van der Waals surface area contributed by atoms with E-state index in [0.29, 0.717) is 22.8 Å². The van der Waals surface area contributed by atoms with E-state index in [1.54, 1.807) is 30.5 Å². The molecule has 2 heterocycles. The maximum Gasteiger partial charge on any atom is 0.418 e. The number of halogens is 3. The number of pyridine rings is 1. The van der Waals surface area contributed by atoms with Crippen LogP contribution < -0.4 is 20.9 Å². The third-order valence-corrected chi connectivity index (χ3v) is 4.82. The Morgan fingerprint density at radius 3 is 2.62 bits per heavy atom.